The molecule has 3 nitrogen and oxygen atoms in total. The molecule has 0 aliphatic rings. The highest BCUT2D eigenvalue weighted by molar-refractivity contribution is 5.45. The minimum Gasteiger partial charge on any atom is -0.394 e. The first-order valence-corrected chi connectivity index (χ1v) is 5.38. The molecule has 1 unspecified atom stereocenters. The molecule has 0 heterocycles. The van der Waals surface area contributed by atoms with Gasteiger partial charge in [-0.3, -0.25) is 0 Å². The van der Waals surface area contributed by atoms with Crippen molar-refractivity contribution in [1.29, 1.82) is 0 Å². The van der Waals surface area contributed by atoms with Gasteiger partial charge < -0.3 is 15.5 Å². The average molecular weight is 209 g/mol. The van der Waals surface area contributed by atoms with Gasteiger partial charge in [-0.25, -0.2) is 0 Å². The Kier molecular flexibility index (Phi) is 5.15. The Hall–Kier alpha value is -1.06. The maximum atomic E-state index is 9.18. The van der Waals surface area contributed by atoms with Crippen LogP contribution in [-0.2, 0) is 6.42 Å². The highest BCUT2D eigenvalue weighted by Gasteiger charge is 2.01. The monoisotopic (exact) mass is 209 g/mol. The van der Waals surface area contributed by atoms with Crippen LogP contribution in [0.1, 0.15) is 18.9 Å². The van der Waals surface area contributed by atoms with E-state index in [1.807, 2.05) is 12.1 Å². The van der Waals surface area contributed by atoms with Crippen LogP contribution in [0.3, 0.4) is 0 Å². The lowest BCUT2D eigenvalue weighted by molar-refractivity contribution is 0.105. The molecule has 1 atom stereocenters. The molecule has 0 fully saturated rings. The highest BCUT2D eigenvalue weighted by atomic mass is 16.3. The summed E-state index contributed by atoms with van der Waals surface area (Å²) in [7, 11) is 0. The number of hydrogen-bond donors (Lipinski definition) is 3. The fourth-order valence-corrected chi connectivity index (χ4v) is 1.43. The van der Waals surface area contributed by atoms with E-state index in [0.717, 1.165) is 18.5 Å². The minimum absolute atomic E-state index is 0.207. The second kappa shape index (κ2) is 6.43. The van der Waals surface area contributed by atoms with Gasteiger partial charge in [-0.05, 0) is 24.1 Å². The minimum atomic E-state index is -0.695. The number of aliphatic hydroxyl groups is 2. The van der Waals surface area contributed by atoms with E-state index in [9.17, 15) is 5.11 Å². The predicted octanol–water partition coefficient (Wildman–Crippen LogP) is 1.40. The molecular weight excluding hydrogens is 190 g/mol. The second-order valence-corrected chi connectivity index (χ2v) is 3.67. The molecule has 84 valence electrons. The lowest BCUT2D eigenvalue weighted by Gasteiger charge is -2.11. The van der Waals surface area contributed by atoms with Crippen LogP contribution in [-0.4, -0.2) is 29.5 Å². The topological polar surface area (TPSA) is 52.5 Å². The second-order valence-electron chi connectivity index (χ2n) is 3.67. The molecule has 1 aromatic rings. The van der Waals surface area contributed by atoms with Crippen molar-refractivity contribution >= 4 is 5.69 Å². The quantitative estimate of drug-likeness (QED) is 0.664. The van der Waals surface area contributed by atoms with Crippen molar-refractivity contribution < 1.29 is 10.2 Å². The van der Waals surface area contributed by atoms with Gasteiger partial charge in [-0.2, -0.15) is 0 Å². The molecule has 0 aromatic heterocycles. The first-order valence-electron chi connectivity index (χ1n) is 5.38. The molecule has 0 bridgehead atoms. The van der Waals surface area contributed by atoms with E-state index in [1.54, 1.807) is 0 Å². The van der Waals surface area contributed by atoms with Gasteiger partial charge in [0.2, 0.25) is 0 Å². The van der Waals surface area contributed by atoms with Crippen LogP contribution in [0, 0.1) is 0 Å². The zero-order valence-electron chi connectivity index (χ0n) is 9.11. The summed E-state index contributed by atoms with van der Waals surface area (Å²) in [5.41, 5.74) is 2.29. The van der Waals surface area contributed by atoms with Gasteiger partial charge in [0.25, 0.3) is 0 Å². The number of aryl methyl sites for hydroxylation is 1. The summed E-state index contributed by atoms with van der Waals surface area (Å²) in [5.74, 6) is 0. The van der Waals surface area contributed by atoms with E-state index < -0.39 is 6.10 Å². The maximum Gasteiger partial charge on any atom is 0.0942 e. The molecule has 3 heteroatoms. The van der Waals surface area contributed by atoms with Crippen molar-refractivity contribution in [2.24, 2.45) is 0 Å². The maximum absolute atomic E-state index is 9.18. The molecule has 15 heavy (non-hydrogen) atoms. The third-order valence-electron chi connectivity index (χ3n) is 2.22. The largest absolute Gasteiger partial charge is 0.394 e. The van der Waals surface area contributed by atoms with Crippen LogP contribution in [0.4, 0.5) is 5.69 Å². The fourth-order valence-electron chi connectivity index (χ4n) is 1.43. The molecule has 0 saturated carbocycles. The van der Waals surface area contributed by atoms with Crippen molar-refractivity contribution in [3.8, 4) is 0 Å². The van der Waals surface area contributed by atoms with E-state index in [2.05, 4.69) is 24.4 Å². The molecule has 0 spiro atoms. The van der Waals surface area contributed by atoms with Crippen molar-refractivity contribution in [1.82, 2.24) is 0 Å². The normalized spacial score (nSPS) is 12.5. The van der Waals surface area contributed by atoms with Crippen LogP contribution in [0.15, 0.2) is 24.3 Å². The number of hydrogen-bond acceptors (Lipinski definition) is 3. The van der Waals surface area contributed by atoms with Crippen LogP contribution in [0.2, 0.25) is 0 Å². The SMILES string of the molecule is CCCc1cccc(NCC(O)CO)c1. The van der Waals surface area contributed by atoms with Gasteiger partial charge in [-0.1, -0.05) is 25.5 Å². The van der Waals surface area contributed by atoms with E-state index in [-0.39, 0.29) is 6.61 Å². The lowest BCUT2D eigenvalue weighted by atomic mass is 10.1. The van der Waals surface area contributed by atoms with Gasteiger partial charge in [0.05, 0.1) is 12.7 Å². The zero-order valence-corrected chi connectivity index (χ0v) is 9.11. The summed E-state index contributed by atoms with van der Waals surface area (Å²) >= 11 is 0. The average Bonchev–Trinajstić information content (AvgIpc) is 2.27. The predicted molar refractivity (Wildman–Crippen MR) is 62.0 cm³/mol. The van der Waals surface area contributed by atoms with Crippen LogP contribution < -0.4 is 5.32 Å². The summed E-state index contributed by atoms with van der Waals surface area (Å²) in [6.45, 7) is 2.32. The Morgan fingerprint density at radius 2 is 2.20 bits per heavy atom. The van der Waals surface area contributed by atoms with Crippen molar-refractivity contribution in [3.63, 3.8) is 0 Å². The fraction of sp³-hybridized carbons (Fsp3) is 0.500. The molecule has 0 aliphatic carbocycles. The van der Waals surface area contributed by atoms with Crippen LogP contribution in [0.25, 0.3) is 0 Å². The summed E-state index contributed by atoms with van der Waals surface area (Å²) in [6, 6.07) is 8.13. The van der Waals surface area contributed by atoms with Crippen molar-refractivity contribution in [2.45, 2.75) is 25.9 Å². The van der Waals surface area contributed by atoms with Crippen molar-refractivity contribution in [3.05, 3.63) is 29.8 Å². The van der Waals surface area contributed by atoms with Gasteiger partial charge >= 0.3 is 0 Å². The van der Waals surface area contributed by atoms with Gasteiger partial charge in [0.1, 0.15) is 0 Å². The first kappa shape index (κ1) is 12.0. The molecule has 0 radical (unpaired) electrons. The summed E-state index contributed by atoms with van der Waals surface area (Å²) < 4.78 is 0. The summed E-state index contributed by atoms with van der Waals surface area (Å²) in [6.07, 6.45) is 1.50. The lowest BCUT2D eigenvalue weighted by Crippen LogP contribution is -2.22. The molecule has 0 saturated heterocycles. The molecule has 1 rings (SSSR count). The Morgan fingerprint density at radius 1 is 1.40 bits per heavy atom. The Morgan fingerprint density at radius 3 is 2.87 bits per heavy atom. The Balaban J connectivity index is 2.50. The number of nitrogens with one attached hydrogen (secondary N) is 1. The zero-order chi connectivity index (χ0) is 11.1. The summed E-state index contributed by atoms with van der Waals surface area (Å²) in [5, 5.41) is 20.9. The number of aliphatic hydroxyl groups excluding tert-OH is 2. The van der Waals surface area contributed by atoms with Gasteiger partial charge in [0, 0.05) is 12.2 Å². The highest BCUT2D eigenvalue weighted by Crippen LogP contribution is 2.11. The van der Waals surface area contributed by atoms with E-state index >= 15 is 0 Å². The van der Waals surface area contributed by atoms with Gasteiger partial charge in [-0.15, -0.1) is 0 Å². The third kappa shape index (κ3) is 4.32. The van der Waals surface area contributed by atoms with Crippen molar-refractivity contribution in [2.75, 3.05) is 18.5 Å². The molecule has 3 N–H and O–H groups in total. The third-order valence-corrected chi connectivity index (χ3v) is 2.22. The number of anilines is 1. The number of benzene rings is 1. The van der Waals surface area contributed by atoms with Crippen LogP contribution in [0.5, 0.6) is 0 Å². The van der Waals surface area contributed by atoms with Crippen LogP contribution >= 0.6 is 0 Å². The molecule has 0 amide bonds. The van der Waals surface area contributed by atoms with E-state index in [0.29, 0.717) is 6.54 Å². The molecular formula is C12H19NO2. The Bertz CT molecular complexity index is 289. The Labute approximate surface area is 90.8 Å². The molecule has 0 aliphatic heterocycles. The molecule has 1 aromatic carbocycles. The standard InChI is InChI=1S/C12H19NO2/c1-2-4-10-5-3-6-11(7-10)13-8-12(15)9-14/h3,5-7,12-15H,2,4,8-9H2,1H3. The van der Waals surface area contributed by atoms with E-state index in [4.69, 9.17) is 5.11 Å². The van der Waals surface area contributed by atoms with Gasteiger partial charge in [0.15, 0.2) is 0 Å². The van der Waals surface area contributed by atoms with E-state index in [1.165, 1.54) is 5.56 Å². The smallest absolute Gasteiger partial charge is 0.0942 e. The number of rotatable bonds is 6. The first-order chi connectivity index (χ1) is 7.26. The summed E-state index contributed by atoms with van der Waals surface area (Å²) in [4.78, 5) is 0.